The number of benzene rings is 2. The van der Waals surface area contributed by atoms with Gasteiger partial charge in [0.25, 0.3) is 0 Å². The predicted octanol–water partition coefficient (Wildman–Crippen LogP) is 2.94. The third-order valence-corrected chi connectivity index (χ3v) is 3.31. The van der Waals surface area contributed by atoms with E-state index in [0.29, 0.717) is 22.3 Å². The molecule has 2 aromatic carbocycles. The minimum Gasteiger partial charge on any atom is -0.289 e. The van der Waals surface area contributed by atoms with E-state index in [4.69, 9.17) is 0 Å². The molecule has 1 aromatic heterocycles. The molecular weight excluding hydrogens is 276 g/mol. The molecule has 1 heterocycles. The number of hydrogen-bond acceptors (Lipinski definition) is 4. The van der Waals surface area contributed by atoms with Crippen LogP contribution in [0, 0.1) is 0 Å². The Morgan fingerprint density at radius 1 is 0.545 bits per heavy atom. The van der Waals surface area contributed by atoms with Crippen molar-refractivity contribution in [2.24, 2.45) is 0 Å². The third kappa shape index (κ3) is 2.54. The summed E-state index contributed by atoms with van der Waals surface area (Å²) in [6.07, 6.45) is 4.88. The van der Waals surface area contributed by atoms with Gasteiger partial charge in [0.05, 0.1) is 0 Å². The van der Waals surface area contributed by atoms with E-state index >= 15 is 0 Å². The fraction of sp³-hybridized carbons (Fsp3) is 0. The summed E-state index contributed by atoms with van der Waals surface area (Å²) in [6, 6.07) is 15.7. The highest BCUT2D eigenvalue weighted by Gasteiger charge is 2.28. The van der Waals surface area contributed by atoms with Crippen LogP contribution >= 0.6 is 0 Å². The molecule has 3 aromatic rings. The van der Waals surface area contributed by atoms with E-state index < -0.39 is 0 Å². The Bertz CT molecular complexity index is 697. The van der Waals surface area contributed by atoms with Crippen LogP contribution in [0.5, 0.6) is 0 Å². The van der Waals surface area contributed by atoms with E-state index in [1.807, 2.05) is 0 Å². The van der Waals surface area contributed by atoms with Gasteiger partial charge in [0.1, 0.15) is 6.33 Å². The number of carbonyl (C=O) groups is 2. The summed E-state index contributed by atoms with van der Waals surface area (Å²) in [6.45, 7) is 0. The molecule has 0 aliphatic heterocycles. The molecule has 0 spiro atoms. The van der Waals surface area contributed by atoms with Crippen molar-refractivity contribution in [3.63, 3.8) is 0 Å². The highest BCUT2D eigenvalue weighted by atomic mass is 16.1. The molecule has 106 valence electrons. The molecule has 0 bridgehead atoms. The molecule has 0 amide bonds. The normalized spacial score (nSPS) is 11.8. The van der Waals surface area contributed by atoms with Crippen molar-refractivity contribution in [2.75, 3.05) is 0 Å². The molecule has 0 fully saturated rings. The summed E-state index contributed by atoms with van der Waals surface area (Å²) in [4.78, 5) is 31.5. The number of hydrogen-bond donors (Lipinski definition) is 0. The summed E-state index contributed by atoms with van der Waals surface area (Å²) in [5, 5.41) is 0. The third-order valence-electron chi connectivity index (χ3n) is 3.31. The van der Waals surface area contributed by atoms with Crippen LogP contribution in [0.25, 0.3) is 0 Å². The lowest BCUT2D eigenvalue weighted by Gasteiger charge is -2.16. The Labute approximate surface area is 127 Å². The molecule has 0 radical (unpaired) electrons. The summed E-state index contributed by atoms with van der Waals surface area (Å²) < 4.78 is 0. The fourth-order valence-electron chi connectivity index (χ4n) is 2.30. The summed E-state index contributed by atoms with van der Waals surface area (Å²) in [7, 11) is 0. The van der Waals surface area contributed by atoms with E-state index in [9.17, 15) is 9.59 Å². The minimum absolute atomic E-state index is 0.0641. The zero-order chi connectivity index (χ0) is 15.4. The van der Waals surface area contributed by atoms with Crippen LogP contribution in [0.15, 0.2) is 73.3 Å². The van der Waals surface area contributed by atoms with E-state index in [1.54, 1.807) is 67.0 Å². The van der Waals surface area contributed by atoms with E-state index in [2.05, 4.69) is 9.97 Å². The first-order chi connectivity index (χ1) is 10.8. The number of carbonyl (C=O) groups excluding carboxylic acids is 2. The summed E-state index contributed by atoms with van der Waals surface area (Å²) in [5.41, 5.74) is 2.02. The average molecular weight is 288 g/mol. The van der Waals surface area contributed by atoms with Crippen molar-refractivity contribution in [1.29, 1.82) is 0 Å². The Balaban J connectivity index is 0.000000202. The fourth-order valence-corrected chi connectivity index (χ4v) is 2.30. The molecule has 4 nitrogen and oxygen atoms in total. The zero-order valence-corrected chi connectivity index (χ0v) is 11.6. The number of rotatable bonds is 0. The Kier molecular flexibility index (Phi) is 3.83. The van der Waals surface area contributed by atoms with E-state index in [1.165, 1.54) is 6.33 Å². The number of aromatic nitrogens is 2. The van der Waals surface area contributed by atoms with Gasteiger partial charge in [-0.25, -0.2) is 9.97 Å². The van der Waals surface area contributed by atoms with Gasteiger partial charge in [0.15, 0.2) is 11.6 Å². The highest BCUT2D eigenvalue weighted by molar-refractivity contribution is 6.28. The smallest absolute Gasteiger partial charge is 0.194 e. The number of fused-ring (bicyclic) bond motifs is 2. The second kappa shape index (κ2) is 6.10. The molecule has 22 heavy (non-hydrogen) atoms. The van der Waals surface area contributed by atoms with Gasteiger partial charge in [0.2, 0.25) is 0 Å². The van der Waals surface area contributed by atoms with Gasteiger partial charge in [0, 0.05) is 34.6 Å². The van der Waals surface area contributed by atoms with Gasteiger partial charge in [-0.1, -0.05) is 48.5 Å². The van der Waals surface area contributed by atoms with Crippen molar-refractivity contribution in [3.8, 4) is 0 Å². The molecule has 1 aliphatic carbocycles. The second-order valence-electron chi connectivity index (χ2n) is 4.65. The molecule has 0 saturated carbocycles. The number of ketones is 2. The first-order valence-corrected chi connectivity index (χ1v) is 6.76. The molecule has 1 aliphatic rings. The Hall–Kier alpha value is -3.14. The maximum atomic E-state index is 12.1. The highest BCUT2D eigenvalue weighted by Crippen LogP contribution is 2.26. The van der Waals surface area contributed by atoms with Crippen LogP contribution in [-0.2, 0) is 0 Å². The molecule has 0 atom stereocenters. The van der Waals surface area contributed by atoms with Crippen LogP contribution in [0.4, 0.5) is 0 Å². The molecule has 4 heteroatoms. The van der Waals surface area contributed by atoms with Crippen molar-refractivity contribution in [3.05, 3.63) is 95.6 Å². The lowest BCUT2D eigenvalue weighted by atomic mass is 9.84. The van der Waals surface area contributed by atoms with Gasteiger partial charge >= 0.3 is 0 Å². The zero-order valence-electron chi connectivity index (χ0n) is 11.6. The molecule has 0 N–H and O–H groups in total. The number of nitrogens with zero attached hydrogens (tertiary/aromatic N) is 2. The van der Waals surface area contributed by atoms with Gasteiger partial charge in [-0.3, -0.25) is 9.59 Å². The van der Waals surface area contributed by atoms with Gasteiger partial charge in [-0.05, 0) is 6.07 Å². The quantitative estimate of drug-likeness (QED) is 0.499. The largest absolute Gasteiger partial charge is 0.289 e. The second-order valence-corrected chi connectivity index (χ2v) is 4.65. The Morgan fingerprint density at radius 3 is 1.14 bits per heavy atom. The van der Waals surface area contributed by atoms with Crippen molar-refractivity contribution < 1.29 is 9.59 Å². The van der Waals surface area contributed by atoms with Crippen LogP contribution < -0.4 is 0 Å². The first-order valence-electron chi connectivity index (χ1n) is 6.76. The maximum Gasteiger partial charge on any atom is 0.194 e. The van der Waals surface area contributed by atoms with Crippen molar-refractivity contribution >= 4 is 11.6 Å². The molecular formula is C18H12N2O2. The molecule has 0 saturated heterocycles. The van der Waals surface area contributed by atoms with Gasteiger partial charge in [-0.2, -0.15) is 0 Å². The van der Waals surface area contributed by atoms with Crippen molar-refractivity contribution in [2.45, 2.75) is 0 Å². The summed E-state index contributed by atoms with van der Waals surface area (Å²) >= 11 is 0. The Morgan fingerprint density at radius 2 is 0.909 bits per heavy atom. The molecule has 0 unspecified atom stereocenters. The van der Waals surface area contributed by atoms with Crippen molar-refractivity contribution in [1.82, 2.24) is 9.97 Å². The first kappa shape index (κ1) is 13.8. The van der Waals surface area contributed by atoms with Gasteiger partial charge < -0.3 is 0 Å². The maximum absolute atomic E-state index is 12.1. The monoisotopic (exact) mass is 288 g/mol. The topological polar surface area (TPSA) is 59.9 Å². The standard InChI is InChI=1S/C14H8O2.C4H4N2/c15-13-9-5-1-2-6-10(9)14(16)12-8-4-3-7-11(12)13;1-2-5-4-6-3-1/h1-8H;1-4H. The molecule has 4 rings (SSSR count). The van der Waals surface area contributed by atoms with Crippen LogP contribution in [-0.4, -0.2) is 21.5 Å². The van der Waals surface area contributed by atoms with Crippen LogP contribution in [0.1, 0.15) is 31.8 Å². The predicted molar refractivity (Wildman–Crippen MR) is 81.8 cm³/mol. The van der Waals surface area contributed by atoms with Crippen LogP contribution in [0.2, 0.25) is 0 Å². The van der Waals surface area contributed by atoms with E-state index in [-0.39, 0.29) is 11.6 Å². The SMILES string of the molecule is O=C1c2ccccc2C(=O)c2ccccc21.c1cncnc1. The van der Waals surface area contributed by atoms with Gasteiger partial charge in [-0.15, -0.1) is 0 Å². The lowest BCUT2D eigenvalue weighted by molar-refractivity contribution is 0.0979. The van der Waals surface area contributed by atoms with E-state index in [0.717, 1.165) is 0 Å². The van der Waals surface area contributed by atoms with Crippen LogP contribution in [0.3, 0.4) is 0 Å². The lowest BCUT2D eigenvalue weighted by Crippen LogP contribution is -2.20. The summed E-state index contributed by atoms with van der Waals surface area (Å²) in [5.74, 6) is -0.128. The minimum atomic E-state index is -0.0641. The average Bonchev–Trinajstić information content (AvgIpc) is 2.62.